The van der Waals surface area contributed by atoms with Crippen LogP contribution in [-0.4, -0.2) is 28.4 Å². The molecule has 2 aromatic rings. The molecular weight excluding hydrogens is 340 g/mol. The lowest BCUT2D eigenvalue weighted by molar-refractivity contribution is -0.118. The largest absolute Gasteiger partial charge is 0.355 e. The number of rotatable bonds is 7. The number of carbonyl (C=O) groups is 1. The zero-order chi connectivity index (χ0) is 15.9. The van der Waals surface area contributed by atoms with Crippen LogP contribution in [0.4, 0.5) is 10.8 Å². The summed E-state index contributed by atoms with van der Waals surface area (Å²) in [6.45, 7) is 4.68. The maximum atomic E-state index is 11.5. The molecule has 0 radical (unpaired) electrons. The van der Waals surface area contributed by atoms with Gasteiger partial charge in [-0.05, 0) is 31.0 Å². The van der Waals surface area contributed by atoms with Crippen LogP contribution in [0.25, 0.3) is 0 Å². The zero-order valence-corrected chi connectivity index (χ0v) is 14.7. The van der Waals surface area contributed by atoms with E-state index in [1.807, 2.05) is 32.0 Å². The number of halogens is 1. The van der Waals surface area contributed by atoms with Gasteiger partial charge in [0.1, 0.15) is 0 Å². The Morgan fingerprint density at radius 2 is 2.23 bits per heavy atom. The number of aryl methyl sites for hydroxylation is 1. The number of anilines is 2. The monoisotopic (exact) mass is 356 g/mol. The highest BCUT2D eigenvalue weighted by Crippen LogP contribution is 2.29. The number of nitrogens with one attached hydrogen (secondary N) is 2. The van der Waals surface area contributed by atoms with E-state index in [0.29, 0.717) is 22.5 Å². The number of amides is 1. The molecule has 2 rings (SSSR count). The van der Waals surface area contributed by atoms with Crippen LogP contribution in [0.3, 0.4) is 0 Å². The minimum atomic E-state index is 0.0156. The Hall–Kier alpha value is -1.31. The van der Waals surface area contributed by atoms with E-state index in [1.54, 1.807) is 0 Å². The molecule has 5 nitrogen and oxygen atoms in total. The van der Waals surface area contributed by atoms with Crippen LogP contribution in [0.5, 0.6) is 0 Å². The van der Waals surface area contributed by atoms with Crippen molar-refractivity contribution >= 4 is 51.4 Å². The van der Waals surface area contributed by atoms with Gasteiger partial charge in [-0.3, -0.25) is 4.79 Å². The van der Waals surface area contributed by atoms with E-state index in [-0.39, 0.29) is 5.91 Å². The highest BCUT2D eigenvalue weighted by atomic mass is 35.5. The van der Waals surface area contributed by atoms with Gasteiger partial charge in [0.25, 0.3) is 0 Å². The van der Waals surface area contributed by atoms with Gasteiger partial charge in [0, 0.05) is 17.3 Å². The van der Waals surface area contributed by atoms with Gasteiger partial charge in [-0.2, -0.15) is 0 Å². The molecule has 0 spiro atoms. The van der Waals surface area contributed by atoms with Crippen molar-refractivity contribution in [2.75, 3.05) is 17.6 Å². The van der Waals surface area contributed by atoms with Crippen molar-refractivity contribution in [2.45, 2.75) is 24.6 Å². The molecule has 0 fully saturated rings. The second kappa shape index (κ2) is 8.36. The summed E-state index contributed by atoms with van der Waals surface area (Å²) in [5.74, 6) is 0.368. The Labute approximate surface area is 142 Å². The number of nitrogens with zero attached hydrogens (tertiary/aromatic N) is 2. The first-order valence-corrected chi connectivity index (χ1v) is 9.02. The average molecular weight is 357 g/mol. The van der Waals surface area contributed by atoms with Gasteiger partial charge in [0.2, 0.25) is 11.0 Å². The van der Waals surface area contributed by atoms with Gasteiger partial charge in [0.05, 0.1) is 5.75 Å². The minimum Gasteiger partial charge on any atom is -0.355 e. The average Bonchev–Trinajstić information content (AvgIpc) is 2.94. The third kappa shape index (κ3) is 5.15. The molecule has 1 aromatic carbocycles. The second-order valence-corrected chi connectivity index (χ2v) is 7.21. The van der Waals surface area contributed by atoms with Crippen molar-refractivity contribution in [1.82, 2.24) is 15.5 Å². The Morgan fingerprint density at radius 3 is 2.95 bits per heavy atom. The molecule has 0 bridgehead atoms. The Bertz CT molecular complexity index is 648. The first-order valence-electron chi connectivity index (χ1n) is 6.84. The Balaban J connectivity index is 1.88. The van der Waals surface area contributed by atoms with Crippen molar-refractivity contribution < 1.29 is 4.79 Å². The number of thioether (sulfide) groups is 1. The predicted molar refractivity (Wildman–Crippen MR) is 93.4 cm³/mol. The summed E-state index contributed by atoms with van der Waals surface area (Å²) in [6, 6.07) is 5.73. The van der Waals surface area contributed by atoms with Crippen molar-refractivity contribution in [3.8, 4) is 0 Å². The Kier molecular flexibility index (Phi) is 6.48. The minimum absolute atomic E-state index is 0.0156. The highest BCUT2D eigenvalue weighted by Gasteiger charge is 2.08. The summed E-state index contributed by atoms with van der Waals surface area (Å²) in [6.07, 6.45) is 0.933. The predicted octanol–water partition coefficient (Wildman–Crippen LogP) is 3.86. The van der Waals surface area contributed by atoms with Crippen LogP contribution in [0.1, 0.15) is 18.9 Å². The zero-order valence-electron chi connectivity index (χ0n) is 12.4. The number of hydrogen-bond donors (Lipinski definition) is 2. The normalized spacial score (nSPS) is 10.5. The van der Waals surface area contributed by atoms with Gasteiger partial charge in [-0.1, -0.05) is 47.7 Å². The molecule has 0 aliphatic rings. The lowest BCUT2D eigenvalue weighted by Gasteiger charge is -2.03. The third-order valence-electron chi connectivity index (χ3n) is 2.73. The van der Waals surface area contributed by atoms with Gasteiger partial charge in [-0.25, -0.2) is 0 Å². The lowest BCUT2D eigenvalue weighted by Crippen LogP contribution is -2.25. The van der Waals surface area contributed by atoms with E-state index in [1.165, 1.54) is 23.1 Å². The van der Waals surface area contributed by atoms with Crippen molar-refractivity contribution in [3.63, 3.8) is 0 Å². The van der Waals surface area contributed by atoms with Crippen LogP contribution in [-0.2, 0) is 4.79 Å². The fourth-order valence-electron chi connectivity index (χ4n) is 1.56. The summed E-state index contributed by atoms with van der Waals surface area (Å²) in [5.41, 5.74) is 1.89. The fraction of sp³-hybridized carbons (Fsp3) is 0.357. The van der Waals surface area contributed by atoms with E-state index in [0.717, 1.165) is 22.0 Å². The number of hydrogen-bond acceptors (Lipinski definition) is 6. The van der Waals surface area contributed by atoms with Crippen molar-refractivity contribution in [3.05, 3.63) is 28.8 Å². The van der Waals surface area contributed by atoms with E-state index in [9.17, 15) is 4.79 Å². The summed E-state index contributed by atoms with van der Waals surface area (Å²) in [5, 5.41) is 15.5. The molecule has 1 aromatic heterocycles. The Morgan fingerprint density at radius 1 is 1.41 bits per heavy atom. The first-order chi connectivity index (χ1) is 10.6. The molecular formula is C14H17ClN4OS2. The van der Waals surface area contributed by atoms with Gasteiger partial charge >= 0.3 is 0 Å². The SMILES string of the molecule is CCCNC(=O)CSc1nnc(Nc2ccc(C)c(Cl)c2)s1. The number of aromatic nitrogens is 2. The number of benzene rings is 1. The molecule has 0 saturated heterocycles. The maximum absolute atomic E-state index is 11.5. The van der Waals surface area contributed by atoms with Gasteiger partial charge in [-0.15, -0.1) is 10.2 Å². The molecule has 0 unspecified atom stereocenters. The van der Waals surface area contributed by atoms with Crippen molar-refractivity contribution in [2.24, 2.45) is 0 Å². The second-order valence-electron chi connectivity index (χ2n) is 4.60. The van der Waals surface area contributed by atoms with E-state index in [4.69, 9.17) is 11.6 Å². The van der Waals surface area contributed by atoms with E-state index >= 15 is 0 Å². The fourth-order valence-corrected chi connectivity index (χ4v) is 3.34. The molecule has 2 N–H and O–H groups in total. The highest BCUT2D eigenvalue weighted by molar-refractivity contribution is 8.01. The third-order valence-corrected chi connectivity index (χ3v) is 5.11. The molecule has 1 heterocycles. The smallest absolute Gasteiger partial charge is 0.230 e. The van der Waals surface area contributed by atoms with E-state index < -0.39 is 0 Å². The molecule has 8 heteroatoms. The van der Waals surface area contributed by atoms with Crippen LogP contribution >= 0.6 is 34.7 Å². The standard InChI is InChI=1S/C14H17ClN4OS2/c1-3-6-16-12(20)8-21-14-19-18-13(22-14)17-10-5-4-9(2)11(15)7-10/h4-5,7H,3,6,8H2,1-2H3,(H,16,20)(H,17,18). The molecule has 0 aliphatic heterocycles. The molecule has 0 atom stereocenters. The van der Waals surface area contributed by atoms with E-state index in [2.05, 4.69) is 20.8 Å². The molecule has 118 valence electrons. The van der Waals surface area contributed by atoms with Crippen LogP contribution in [0, 0.1) is 6.92 Å². The van der Waals surface area contributed by atoms with Gasteiger partial charge < -0.3 is 10.6 Å². The molecule has 22 heavy (non-hydrogen) atoms. The molecule has 0 aliphatic carbocycles. The summed E-state index contributed by atoms with van der Waals surface area (Å²) < 4.78 is 0.757. The number of carbonyl (C=O) groups excluding carboxylic acids is 1. The molecule has 0 saturated carbocycles. The van der Waals surface area contributed by atoms with Crippen LogP contribution < -0.4 is 10.6 Å². The first kappa shape index (κ1) is 17.1. The summed E-state index contributed by atoms with van der Waals surface area (Å²) in [4.78, 5) is 11.5. The van der Waals surface area contributed by atoms with Crippen LogP contribution in [0.2, 0.25) is 5.02 Å². The topological polar surface area (TPSA) is 66.9 Å². The van der Waals surface area contributed by atoms with Gasteiger partial charge in [0.15, 0.2) is 4.34 Å². The quantitative estimate of drug-likeness (QED) is 0.737. The maximum Gasteiger partial charge on any atom is 0.230 e. The summed E-state index contributed by atoms with van der Waals surface area (Å²) >= 11 is 8.88. The van der Waals surface area contributed by atoms with Crippen molar-refractivity contribution in [1.29, 1.82) is 0 Å². The van der Waals surface area contributed by atoms with Crippen LogP contribution in [0.15, 0.2) is 22.5 Å². The molecule has 1 amide bonds. The summed E-state index contributed by atoms with van der Waals surface area (Å²) in [7, 11) is 0. The lowest BCUT2D eigenvalue weighted by atomic mass is 10.2.